The Morgan fingerprint density at radius 3 is 2.73 bits per heavy atom. The summed E-state index contributed by atoms with van der Waals surface area (Å²) in [6.07, 6.45) is -2.92. The van der Waals surface area contributed by atoms with Crippen LogP contribution >= 0.6 is 0 Å². The number of alkyl halides is 2. The van der Waals surface area contributed by atoms with Gasteiger partial charge in [0.05, 0.1) is 6.20 Å². The Morgan fingerprint density at radius 1 is 1.60 bits per heavy atom. The molecule has 0 fully saturated rings. The van der Waals surface area contributed by atoms with Crippen LogP contribution in [0.2, 0.25) is 0 Å². The molecule has 82 valence electrons. The quantitative estimate of drug-likeness (QED) is 0.435. The summed E-state index contributed by atoms with van der Waals surface area (Å²) in [4.78, 5) is 14.3. The van der Waals surface area contributed by atoms with Gasteiger partial charge in [-0.05, 0) is 19.1 Å². The molecular weight excluding hydrogens is 208 g/mol. The molecule has 1 aromatic rings. The molecule has 0 saturated carbocycles. The molecule has 0 radical (unpaired) electrons. The molecule has 0 spiro atoms. The molecule has 0 saturated heterocycles. The number of aryl methyl sites for hydroxylation is 1. The molecule has 1 rings (SSSR count). The van der Waals surface area contributed by atoms with Crippen LogP contribution in [0.3, 0.4) is 0 Å². The molecule has 0 aliphatic heterocycles. The average Bonchev–Trinajstić information content (AvgIpc) is 2.20. The molecule has 15 heavy (non-hydrogen) atoms. The average molecular weight is 217 g/mol. The van der Waals surface area contributed by atoms with E-state index >= 15 is 0 Å². The van der Waals surface area contributed by atoms with Crippen molar-refractivity contribution < 1.29 is 18.3 Å². The Hall–Kier alpha value is -1.76. The molecule has 5 nitrogen and oxygen atoms in total. The van der Waals surface area contributed by atoms with Gasteiger partial charge in [0, 0.05) is 5.69 Å². The van der Waals surface area contributed by atoms with E-state index in [1.165, 1.54) is 17.6 Å². The third-order valence-corrected chi connectivity index (χ3v) is 1.53. The summed E-state index contributed by atoms with van der Waals surface area (Å²) in [6.45, 7) is 1.69. The first kappa shape index (κ1) is 11.3. The van der Waals surface area contributed by atoms with E-state index in [4.69, 9.17) is 0 Å². The molecule has 0 atom stereocenters. The molecule has 0 bridgehead atoms. The zero-order chi connectivity index (χ0) is 11.5. The number of carbonyl (C=O) groups excluding carboxylic acids is 1. The zero-order valence-electron chi connectivity index (χ0n) is 7.83. The van der Waals surface area contributed by atoms with E-state index in [1.807, 2.05) is 0 Å². The lowest BCUT2D eigenvalue weighted by molar-refractivity contribution is -0.193. The fourth-order valence-electron chi connectivity index (χ4n) is 0.793. The van der Waals surface area contributed by atoms with Crippen molar-refractivity contribution in [2.45, 2.75) is 13.0 Å². The Balaban J connectivity index is 2.77. The first-order chi connectivity index (χ1) is 6.95. The standard InChI is InChI=1S/C8H9F2N3O2/c1-5-2-3-6(4-12-5)15-8(9,10)7(14)13-11/h2-4H,11H2,1H3,(H,13,14). The minimum atomic E-state index is -4.01. The van der Waals surface area contributed by atoms with Gasteiger partial charge in [-0.15, -0.1) is 0 Å². The van der Waals surface area contributed by atoms with Gasteiger partial charge in [0.1, 0.15) is 5.75 Å². The second-order valence-corrected chi connectivity index (χ2v) is 2.73. The van der Waals surface area contributed by atoms with E-state index in [0.29, 0.717) is 5.69 Å². The number of halogens is 2. The van der Waals surface area contributed by atoms with Gasteiger partial charge in [-0.2, -0.15) is 8.78 Å². The number of nitrogens with zero attached hydrogens (tertiary/aromatic N) is 1. The monoisotopic (exact) mass is 217 g/mol. The van der Waals surface area contributed by atoms with E-state index < -0.39 is 12.0 Å². The van der Waals surface area contributed by atoms with Gasteiger partial charge in [0.25, 0.3) is 0 Å². The topological polar surface area (TPSA) is 77.2 Å². The highest BCUT2D eigenvalue weighted by atomic mass is 19.3. The number of pyridine rings is 1. The van der Waals surface area contributed by atoms with E-state index in [9.17, 15) is 13.6 Å². The number of aromatic nitrogens is 1. The van der Waals surface area contributed by atoms with Gasteiger partial charge in [-0.3, -0.25) is 15.2 Å². The Labute approximate surface area is 84.2 Å². The summed E-state index contributed by atoms with van der Waals surface area (Å²) in [6, 6.07) is 2.76. The molecule has 3 N–H and O–H groups in total. The Kier molecular flexibility index (Phi) is 3.15. The van der Waals surface area contributed by atoms with E-state index in [0.717, 1.165) is 6.20 Å². The first-order valence-corrected chi connectivity index (χ1v) is 3.96. The Bertz CT molecular complexity index is 353. The predicted molar refractivity (Wildman–Crippen MR) is 46.9 cm³/mol. The van der Waals surface area contributed by atoms with Crippen molar-refractivity contribution in [3.63, 3.8) is 0 Å². The molecule has 1 aromatic heterocycles. The van der Waals surface area contributed by atoms with Crippen LogP contribution in [0.25, 0.3) is 0 Å². The van der Waals surface area contributed by atoms with Crippen molar-refractivity contribution in [1.82, 2.24) is 10.4 Å². The number of hydrogen-bond donors (Lipinski definition) is 2. The molecule has 0 aromatic carbocycles. The lowest BCUT2D eigenvalue weighted by atomic mass is 10.4. The van der Waals surface area contributed by atoms with Crippen LogP contribution in [-0.4, -0.2) is 17.0 Å². The van der Waals surface area contributed by atoms with Crippen molar-refractivity contribution in [3.05, 3.63) is 24.0 Å². The minimum absolute atomic E-state index is 0.214. The van der Waals surface area contributed by atoms with Crippen molar-refractivity contribution in [3.8, 4) is 5.75 Å². The predicted octanol–water partition coefficient (Wildman–Crippen LogP) is 0.352. The molecule has 0 aliphatic carbocycles. The third-order valence-electron chi connectivity index (χ3n) is 1.53. The van der Waals surface area contributed by atoms with Crippen LogP contribution in [0.4, 0.5) is 8.78 Å². The van der Waals surface area contributed by atoms with Crippen molar-refractivity contribution in [2.75, 3.05) is 0 Å². The van der Waals surface area contributed by atoms with E-state index in [2.05, 4.69) is 15.6 Å². The van der Waals surface area contributed by atoms with Crippen LogP contribution in [0.15, 0.2) is 18.3 Å². The normalized spacial score (nSPS) is 10.9. The number of carbonyl (C=O) groups is 1. The molecule has 1 amide bonds. The zero-order valence-corrected chi connectivity index (χ0v) is 7.83. The second-order valence-electron chi connectivity index (χ2n) is 2.73. The van der Waals surface area contributed by atoms with E-state index in [1.54, 1.807) is 6.92 Å². The minimum Gasteiger partial charge on any atom is -0.424 e. The molecular formula is C8H9F2N3O2. The number of hydrogen-bond acceptors (Lipinski definition) is 4. The van der Waals surface area contributed by atoms with Crippen LogP contribution in [0.5, 0.6) is 5.75 Å². The number of nitrogens with one attached hydrogen (secondary N) is 1. The summed E-state index contributed by atoms with van der Waals surface area (Å²) >= 11 is 0. The third kappa shape index (κ3) is 2.84. The maximum absolute atomic E-state index is 12.9. The van der Waals surface area contributed by atoms with E-state index in [-0.39, 0.29) is 5.75 Å². The number of amides is 1. The summed E-state index contributed by atoms with van der Waals surface area (Å²) in [5, 5.41) is 0. The van der Waals surface area contributed by atoms with Gasteiger partial charge in [-0.25, -0.2) is 5.84 Å². The lowest BCUT2D eigenvalue weighted by Gasteiger charge is -2.15. The lowest BCUT2D eigenvalue weighted by Crippen LogP contribution is -2.47. The van der Waals surface area contributed by atoms with Crippen molar-refractivity contribution in [1.29, 1.82) is 0 Å². The van der Waals surface area contributed by atoms with Gasteiger partial charge in [-0.1, -0.05) is 0 Å². The largest absolute Gasteiger partial charge is 0.483 e. The highest BCUT2D eigenvalue weighted by molar-refractivity contribution is 5.81. The molecule has 7 heteroatoms. The summed E-state index contributed by atoms with van der Waals surface area (Å²) in [5.74, 6) is 2.63. The van der Waals surface area contributed by atoms with Crippen molar-refractivity contribution >= 4 is 5.91 Å². The van der Waals surface area contributed by atoms with Gasteiger partial charge >= 0.3 is 12.0 Å². The highest BCUT2D eigenvalue weighted by Gasteiger charge is 2.41. The SMILES string of the molecule is Cc1ccc(OC(F)(F)C(=O)NN)cn1. The molecule has 1 heterocycles. The fourth-order valence-corrected chi connectivity index (χ4v) is 0.793. The number of rotatable bonds is 3. The second kappa shape index (κ2) is 4.18. The number of nitrogens with two attached hydrogens (primary N) is 1. The van der Waals surface area contributed by atoms with Crippen LogP contribution < -0.4 is 16.0 Å². The number of ether oxygens (including phenoxy) is 1. The molecule has 0 aliphatic rings. The van der Waals surface area contributed by atoms with Gasteiger partial charge in [0.15, 0.2) is 0 Å². The van der Waals surface area contributed by atoms with Crippen LogP contribution in [0.1, 0.15) is 5.69 Å². The summed E-state index contributed by atoms with van der Waals surface area (Å²) in [5.41, 5.74) is 1.95. The molecule has 0 unspecified atom stereocenters. The maximum atomic E-state index is 12.9. The Morgan fingerprint density at radius 2 is 2.27 bits per heavy atom. The summed E-state index contributed by atoms with van der Waals surface area (Å²) in [7, 11) is 0. The maximum Gasteiger partial charge on any atom is 0.483 e. The fraction of sp³-hybridized carbons (Fsp3) is 0.250. The number of hydrazine groups is 1. The van der Waals surface area contributed by atoms with Crippen LogP contribution in [-0.2, 0) is 4.79 Å². The smallest absolute Gasteiger partial charge is 0.424 e. The van der Waals surface area contributed by atoms with Gasteiger partial charge in [0.2, 0.25) is 0 Å². The first-order valence-electron chi connectivity index (χ1n) is 3.96. The highest BCUT2D eigenvalue weighted by Crippen LogP contribution is 2.20. The van der Waals surface area contributed by atoms with Crippen molar-refractivity contribution in [2.24, 2.45) is 5.84 Å². The summed E-state index contributed by atoms with van der Waals surface area (Å²) < 4.78 is 29.8. The van der Waals surface area contributed by atoms with Gasteiger partial charge < -0.3 is 4.74 Å². The van der Waals surface area contributed by atoms with Crippen LogP contribution in [0, 0.1) is 6.92 Å².